The molecule has 0 aliphatic heterocycles. The number of rotatable bonds is 15. The summed E-state index contributed by atoms with van der Waals surface area (Å²) in [6.07, 6.45) is 4.25. The van der Waals surface area contributed by atoms with Crippen molar-refractivity contribution < 1.29 is 55.1 Å². The number of unbranched alkanes of at least 4 members (excludes halogenated alkanes) is 3. The first-order chi connectivity index (χ1) is 10.5. The van der Waals surface area contributed by atoms with Gasteiger partial charge in [0.2, 0.25) is 5.78 Å². The zero-order chi connectivity index (χ0) is 16.8. The summed E-state index contributed by atoms with van der Waals surface area (Å²) >= 11 is 0. The molecule has 0 amide bonds. The average Bonchev–Trinajstić information content (AvgIpc) is 2.46. The zero-order valence-electron chi connectivity index (χ0n) is 14.6. The summed E-state index contributed by atoms with van der Waals surface area (Å²) in [5.74, 6) is -3.78. The molecule has 1 N–H and O–H groups in total. The second kappa shape index (κ2) is 15.4. The molecule has 0 unspecified atom stereocenters. The predicted octanol–water partition coefficient (Wildman–Crippen LogP) is 3.13. The van der Waals surface area contributed by atoms with Gasteiger partial charge in [0.05, 0.1) is 19.8 Å². The van der Waals surface area contributed by atoms with Crippen molar-refractivity contribution in [3.05, 3.63) is 0 Å². The van der Waals surface area contributed by atoms with Crippen LogP contribution in [0.5, 0.6) is 0 Å². The third-order valence-electron chi connectivity index (χ3n) is 3.02. The van der Waals surface area contributed by atoms with E-state index < -0.39 is 24.1 Å². The van der Waals surface area contributed by atoms with Gasteiger partial charge in [-0.05, 0) is 19.3 Å². The molecule has 0 rings (SSSR count). The second-order valence-corrected chi connectivity index (χ2v) is 5.16. The Labute approximate surface area is 158 Å². The zero-order valence-corrected chi connectivity index (χ0v) is 17.0. The first-order valence-electron chi connectivity index (χ1n) is 8.19. The minimum Gasteiger partial charge on any atom is -0.481 e. The molecule has 0 fully saturated rings. The van der Waals surface area contributed by atoms with E-state index in [-0.39, 0.29) is 26.2 Å². The Bertz CT molecular complexity index is 295. The normalized spacial score (nSPS) is 11.1. The van der Waals surface area contributed by atoms with Crippen molar-refractivity contribution in [2.75, 3.05) is 19.8 Å². The summed E-state index contributed by atoms with van der Waals surface area (Å²) in [4.78, 5) is 23.2. The molecule has 0 aliphatic rings. The first kappa shape index (κ1) is 25.1. The molecule has 0 radical (unpaired) electrons. The smallest absolute Gasteiger partial charge is 0.347 e. The minimum absolute atomic E-state index is 0. The molecule has 0 saturated carbocycles. The Kier molecular flexibility index (Phi) is 16.9. The van der Waals surface area contributed by atoms with Gasteiger partial charge in [0.1, 0.15) is 6.42 Å². The molecule has 0 aliphatic carbocycles. The second-order valence-electron chi connectivity index (χ2n) is 5.16. The van der Waals surface area contributed by atoms with Gasteiger partial charge in [-0.25, -0.2) is 0 Å². The van der Waals surface area contributed by atoms with E-state index in [1.54, 1.807) is 0 Å². The Morgan fingerprint density at radius 1 is 0.826 bits per heavy atom. The number of carboxylic acids is 1. The summed E-state index contributed by atoms with van der Waals surface area (Å²) in [5, 5.41) is 8.87. The fraction of sp³-hybridized carbons (Fsp3) is 0.875. The summed E-state index contributed by atoms with van der Waals surface area (Å²) in [6, 6.07) is 0. The molecular weight excluding hydrogens is 379 g/mol. The number of carbonyl (C=O) groups is 2. The van der Waals surface area contributed by atoms with E-state index in [2.05, 4.69) is 0 Å². The van der Waals surface area contributed by atoms with Crippen LogP contribution in [0.2, 0.25) is 0 Å². The maximum Gasteiger partial charge on any atom is 0.347 e. The van der Waals surface area contributed by atoms with Crippen LogP contribution in [0.25, 0.3) is 0 Å². The van der Waals surface area contributed by atoms with Gasteiger partial charge in [-0.15, -0.1) is 0 Å². The van der Waals surface area contributed by atoms with Crippen molar-refractivity contribution in [1.29, 1.82) is 0 Å². The molecule has 0 heterocycles. The van der Waals surface area contributed by atoms with E-state index in [0.29, 0.717) is 19.8 Å². The number of hydrogen-bond donors (Lipinski definition) is 1. The number of Topliss-reactive ketones (excluding diaryl/α,β-unsaturated/α-hetero) is 1. The molecule has 0 aromatic carbocycles. The molecule has 0 aromatic rings. The van der Waals surface area contributed by atoms with E-state index in [1.807, 2.05) is 20.8 Å². The van der Waals surface area contributed by atoms with Crippen molar-refractivity contribution in [1.82, 2.24) is 0 Å². The number of ether oxygens (including phenoxy) is 3. The van der Waals surface area contributed by atoms with Crippen molar-refractivity contribution in [2.45, 2.75) is 71.7 Å². The predicted molar refractivity (Wildman–Crippen MR) is 82.6 cm³/mol. The summed E-state index contributed by atoms with van der Waals surface area (Å²) < 4.78 is 16.7. The van der Waals surface area contributed by atoms with E-state index in [1.165, 1.54) is 0 Å². The number of ketones is 1. The van der Waals surface area contributed by atoms with Gasteiger partial charge in [0.25, 0.3) is 0 Å². The van der Waals surface area contributed by atoms with Crippen LogP contribution in [0.15, 0.2) is 0 Å². The summed E-state index contributed by atoms with van der Waals surface area (Å²) in [7, 11) is 0. The maximum atomic E-state index is 12.3. The van der Waals surface area contributed by atoms with Gasteiger partial charge in [0, 0.05) is 26.2 Å². The topological polar surface area (TPSA) is 82.1 Å². The van der Waals surface area contributed by atoms with Crippen molar-refractivity contribution in [3.63, 3.8) is 0 Å². The van der Waals surface area contributed by atoms with Gasteiger partial charge in [-0.2, -0.15) is 0 Å². The quantitative estimate of drug-likeness (QED) is 0.254. The Balaban J connectivity index is 0. The molecule has 0 spiro atoms. The average molecular weight is 410 g/mol. The summed E-state index contributed by atoms with van der Waals surface area (Å²) in [5.41, 5.74) is 0. The SMILES string of the molecule is CCCCOC(OCCCC)(OCCCC)C(=O)CC(=O)O.[Zr]. The Morgan fingerprint density at radius 3 is 1.43 bits per heavy atom. The van der Waals surface area contributed by atoms with E-state index >= 15 is 0 Å². The fourth-order valence-corrected chi connectivity index (χ4v) is 1.66. The van der Waals surface area contributed by atoms with Crippen molar-refractivity contribution in [3.8, 4) is 0 Å². The van der Waals surface area contributed by atoms with Crippen LogP contribution in [-0.4, -0.2) is 42.7 Å². The number of hydrogen-bond acceptors (Lipinski definition) is 5. The monoisotopic (exact) mass is 408 g/mol. The van der Waals surface area contributed by atoms with Crippen molar-refractivity contribution >= 4 is 11.8 Å². The van der Waals surface area contributed by atoms with Gasteiger partial charge in [-0.1, -0.05) is 40.0 Å². The maximum absolute atomic E-state index is 12.3. The Hall–Kier alpha value is -0.0969. The van der Waals surface area contributed by atoms with Crippen molar-refractivity contribution in [2.24, 2.45) is 0 Å². The standard InChI is InChI=1S/C16H30O6.Zr/c1-4-7-10-20-16(21-11-8-5-2,22-12-9-6-3)14(17)13-15(18)19;/h4-13H2,1-3H3,(H,18,19);. The molecule has 0 saturated heterocycles. The minimum atomic E-state index is -1.88. The number of carboxylic acid groups (broad SMARTS) is 1. The molecule has 0 atom stereocenters. The van der Waals surface area contributed by atoms with Gasteiger partial charge in [-0.3, -0.25) is 9.59 Å². The molecule has 6 nitrogen and oxygen atoms in total. The first-order valence-corrected chi connectivity index (χ1v) is 8.19. The van der Waals surface area contributed by atoms with E-state index in [9.17, 15) is 9.59 Å². The van der Waals surface area contributed by atoms with Crippen LogP contribution in [0.3, 0.4) is 0 Å². The molecule has 0 bridgehead atoms. The van der Waals surface area contributed by atoms with Crippen LogP contribution in [0, 0.1) is 0 Å². The van der Waals surface area contributed by atoms with Gasteiger partial charge >= 0.3 is 11.9 Å². The summed E-state index contributed by atoms with van der Waals surface area (Å²) in [6.45, 7) is 6.88. The Morgan fingerprint density at radius 2 is 1.17 bits per heavy atom. The molecular formula is C16H30O6Zr. The van der Waals surface area contributed by atoms with Crippen LogP contribution in [0.1, 0.15) is 65.7 Å². The van der Waals surface area contributed by atoms with Gasteiger partial charge in [0.15, 0.2) is 0 Å². The molecule has 7 heteroatoms. The van der Waals surface area contributed by atoms with Crippen LogP contribution >= 0.6 is 0 Å². The van der Waals surface area contributed by atoms with Crippen LogP contribution < -0.4 is 0 Å². The molecule has 23 heavy (non-hydrogen) atoms. The molecule has 134 valence electrons. The number of aliphatic carboxylic acids is 1. The third-order valence-corrected chi connectivity index (χ3v) is 3.02. The fourth-order valence-electron chi connectivity index (χ4n) is 1.66. The third kappa shape index (κ3) is 11.1. The van der Waals surface area contributed by atoms with E-state index in [0.717, 1.165) is 38.5 Å². The van der Waals surface area contributed by atoms with E-state index in [4.69, 9.17) is 19.3 Å². The molecule has 0 aromatic heterocycles. The van der Waals surface area contributed by atoms with Crippen LogP contribution in [-0.2, 0) is 50.0 Å². The number of carbonyl (C=O) groups excluding carboxylic acids is 1. The van der Waals surface area contributed by atoms with Crippen LogP contribution in [0.4, 0.5) is 0 Å². The largest absolute Gasteiger partial charge is 0.481 e. The van der Waals surface area contributed by atoms with Gasteiger partial charge < -0.3 is 19.3 Å².